The molecular formula is C15H17FN2. The summed E-state index contributed by atoms with van der Waals surface area (Å²) in [7, 11) is 0. The average molecular weight is 244 g/mol. The number of halogens is 1. The molecule has 0 fully saturated rings. The number of nitrogens with zero attached hydrogens (tertiary/aromatic N) is 1. The standard InChI is InChI=1S/C15H17FN2/c1-11-6-14(7-12(2)15(11)16)10-18-9-13-4-3-5-17-8-13/h3-8,18H,9-10H2,1-2H3. The number of benzene rings is 1. The van der Waals surface area contributed by atoms with Gasteiger partial charge in [-0.1, -0.05) is 18.2 Å². The van der Waals surface area contributed by atoms with E-state index in [0.717, 1.165) is 24.2 Å². The number of aryl methyl sites for hydroxylation is 2. The van der Waals surface area contributed by atoms with Crippen LogP contribution in [-0.4, -0.2) is 4.98 Å². The minimum absolute atomic E-state index is 0.106. The summed E-state index contributed by atoms with van der Waals surface area (Å²) in [5, 5.41) is 3.33. The average Bonchev–Trinajstić information content (AvgIpc) is 2.37. The molecular weight excluding hydrogens is 227 g/mol. The van der Waals surface area contributed by atoms with Crippen molar-refractivity contribution in [2.75, 3.05) is 0 Å². The maximum atomic E-state index is 13.5. The normalized spacial score (nSPS) is 10.6. The number of hydrogen-bond acceptors (Lipinski definition) is 2. The van der Waals surface area contributed by atoms with Crippen molar-refractivity contribution in [3.05, 3.63) is 64.7 Å². The molecule has 1 aromatic carbocycles. The van der Waals surface area contributed by atoms with Gasteiger partial charge in [-0.25, -0.2) is 4.39 Å². The summed E-state index contributed by atoms with van der Waals surface area (Å²) in [4.78, 5) is 4.06. The maximum Gasteiger partial charge on any atom is 0.129 e. The summed E-state index contributed by atoms with van der Waals surface area (Å²) in [6, 6.07) is 7.72. The molecule has 3 heteroatoms. The minimum Gasteiger partial charge on any atom is -0.309 e. The van der Waals surface area contributed by atoms with Crippen molar-refractivity contribution in [1.82, 2.24) is 10.3 Å². The zero-order valence-corrected chi connectivity index (χ0v) is 10.7. The molecule has 2 nitrogen and oxygen atoms in total. The van der Waals surface area contributed by atoms with Crippen molar-refractivity contribution in [1.29, 1.82) is 0 Å². The molecule has 0 bridgehead atoms. The highest BCUT2D eigenvalue weighted by molar-refractivity contribution is 5.30. The van der Waals surface area contributed by atoms with Gasteiger partial charge in [0.25, 0.3) is 0 Å². The Morgan fingerprint density at radius 1 is 1.11 bits per heavy atom. The molecule has 94 valence electrons. The van der Waals surface area contributed by atoms with E-state index >= 15 is 0 Å². The Morgan fingerprint density at radius 2 is 1.78 bits per heavy atom. The Kier molecular flexibility index (Phi) is 4.05. The van der Waals surface area contributed by atoms with Crippen molar-refractivity contribution in [3.63, 3.8) is 0 Å². The van der Waals surface area contributed by atoms with Crippen LogP contribution < -0.4 is 5.32 Å². The highest BCUT2D eigenvalue weighted by Crippen LogP contribution is 2.14. The van der Waals surface area contributed by atoms with E-state index in [1.165, 1.54) is 0 Å². The number of rotatable bonds is 4. The SMILES string of the molecule is Cc1cc(CNCc2cccnc2)cc(C)c1F. The molecule has 1 N–H and O–H groups in total. The first-order valence-corrected chi connectivity index (χ1v) is 6.02. The van der Waals surface area contributed by atoms with E-state index in [2.05, 4.69) is 10.3 Å². The van der Waals surface area contributed by atoms with Gasteiger partial charge < -0.3 is 5.32 Å². The fraction of sp³-hybridized carbons (Fsp3) is 0.267. The summed E-state index contributed by atoms with van der Waals surface area (Å²) in [5.74, 6) is -0.106. The van der Waals surface area contributed by atoms with Gasteiger partial charge in [0, 0.05) is 25.5 Å². The van der Waals surface area contributed by atoms with Crippen LogP contribution in [0.5, 0.6) is 0 Å². The van der Waals surface area contributed by atoms with E-state index in [1.54, 1.807) is 20.0 Å². The Bertz CT molecular complexity index is 500. The van der Waals surface area contributed by atoms with Gasteiger partial charge in [0.05, 0.1) is 0 Å². The first-order chi connectivity index (χ1) is 8.66. The second kappa shape index (κ2) is 5.74. The van der Waals surface area contributed by atoms with E-state index in [9.17, 15) is 4.39 Å². The van der Waals surface area contributed by atoms with Gasteiger partial charge in [-0.05, 0) is 42.2 Å². The fourth-order valence-corrected chi connectivity index (χ4v) is 1.99. The molecule has 1 aromatic heterocycles. The van der Waals surface area contributed by atoms with E-state index < -0.39 is 0 Å². The van der Waals surface area contributed by atoms with E-state index in [-0.39, 0.29) is 5.82 Å². The maximum absolute atomic E-state index is 13.5. The van der Waals surface area contributed by atoms with Crippen LogP contribution in [-0.2, 0) is 13.1 Å². The predicted octanol–water partition coefficient (Wildman–Crippen LogP) is 3.13. The molecule has 1 heterocycles. The van der Waals surface area contributed by atoms with E-state index in [1.807, 2.05) is 30.5 Å². The Labute approximate surface area is 107 Å². The van der Waals surface area contributed by atoms with Gasteiger partial charge in [-0.2, -0.15) is 0 Å². The Balaban J connectivity index is 1.95. The van der Waals surface area contributed by atoms with Gasteiger partial charge in [0.1, 0.15) is 5.82 Å². The van der Waals surface area contributed by atoms with Crippen LogP contribution in [0.4, 0.5) is 4.39 Å². The molecule has 0 unspecified atom stereocenters. The highest BCUT2D eigenvalue weighted by Gasteiger charge is 2.03. The first-order valence-electron chi connectivity index (χ1n) is 6.02. The lowest BCUT2D eigenvalue weighted by molar-refractivity contribution is 0.606. The summed E-state index contributed by atoms with van der Waals surface area (Å²) in [5.41, 5.74) is 3.66. The molecule has 0 aliphatic carbocycles. The quantitative estimate of drug-likeness (QED) is 0.893. The molecule has 0 aliphatic heterocycles. The molecule has 0 aliphatic rings. The lowest BCUT2D eigenvalue weighted by atomic mass is 10.1. The summed E-state index contributed by atoms with van der Waals surface area (Å²) >= 11 is 0. The molecule has 0 radical (unpaired) electrons. The number of aromatic nitrogens is 1. The van der Waals surface area contributed by atoms with Crippen LogP contribution in [0.2, 0.25) is 0 Å². The number of hydrogen-bond donors (Lipinski definition) is 1. The third-order valence-corrected chi connectivity index (χ3v) is 2.88. The van der Waals surface area contributed by atoms with Crippen molar-refractivity contribution in [2.45, 2.75) is 26.9 Å². The van der Waals surface area contributed by atoms with Crippen LogP contribution in [0.3, 0.4) is 0 Å². The molecule has 0 spiro atoms. The summed E-state index contributed by atoms with van der Waals surface area (Å²) in [6.07, 6.45) is 3.60. The van der Waals surface area contributed by atoms with E-state index in [0.29, 0.717) is 11.1 Å². The van der Waals surface area contributed by atoms with Gasteiger partial charge in [-0.3, -0.25) is 4.98 Å². The van der Waals surface area contributed by atoms with E-state index in [4.69, 9.17) is 0 Å². The molecule has 0 atom stereocenters. The van der Waals surface area contributed by atoms with Crippen LogP contribution in [0.15, 0.2) is 36.7 Å². The smallest absolute Gasteiger partial charge is 0.129 e. The molecule has 0 saturated heterocycles. The van der Waals surface area contributed by atoms with Crippen LogP contribution >= 0.6 is 0 Å². The third kappa shape index (κ3) is 3.14. The largest absolute Gasteiger partial charge is 0.309 e. The fourth-order valence-electron chi connectivity index (χ4n) is 1.99. The molecule has 2 aromatic rings. The zero-order valence-electron chi connectivity index (χ0n) is 10.7. The van der Waals surface area contributed by atoms with Gasteiger partial charge >= 0.3 is 0 Å². The predicted molar refractivity (Wildman–Crippen MR) is 70.7 cm³/mol. The molecule has 0 saturated carbocycles. The number of pyridine rings is 1. The van der Waals surface area contributed by atoms with Crippen molar-refractivity contribution < 1.29 is 4.39 Å². The van der Waals surface area contributed by atoms with Crippen molar-refractivity contribution >= 4 is 0 Å². The zero-order chi connectivity index (χ0) is 13.0. The number of nitrogens with one attached hydrogen (secondary N) is 1. The monoisotopic (exact) mass is 244 g/mol. The first kappa shape index (κ1) is 12.7. The lowest BCUT2D eigenvalue weighted by Gasteiger charge is -2.08. The molecule has 2 rings (SSSR count). The second-order valence-electron chi connectivity index (χ2n) is 4.51. The Hall–Kier alpha value is -1.74. The molecule has 18 heavy (non-hydrogen) atoms. The van der Waals surface area contributed by atoms with Crippen LogP contribution in [0, 0.1) is 19.7 Å². The summed E-state index contributed by atoms with van der Waals surface area (Å²) < 4.78 is 13.5. The van der Waals surface area contributed by atoms with Gasteiger partial charge in [-0.15, -0.1) is 0 Å². The summed E-state index contributed by atoms with van der Waals surface area (Å²) in [6.45, 7) is 5.10. The van der Waals surface area contributed by atoms with Gasteiger partial charge in [0.15, 0.2) is 0 Å². The second-order valence-corrected chi connectivity index (χ2v) is 4.51. The molecule has 0 amide bonds. The van der Waals surface area contributed by atoms with Crippen molar-refractivity contribution in [3.8, 4) is 0 Å². The van der Waals surface area contributed by atoms with Crippen molar-refractivity contribution in [2.24, 2.45) is 0 Å². The minimum atomic E-state index is -0.106. The highest BCUT2D eigenvalue weighted by atomic mass is 19.1. The lowest BCUT2D eigenvalue weighted by Crippen LogP contribution is -2.13. The van der Waals surface area contributed by atoms with Gasteiger partial charge in [0.2, 0.25) is 0 Å². The van der Waals surface area contributed by atoms with Crippen LogP contribution in [0.1, 0.15) is 22.3 Å². The third-order valence-electron chi connectivity index (χ3n) is 2.88. The topological polar surface area (TPSA) is 24.9 Å². The Morgan fingerprint density at radius 3 is 2.39 bits per heavy atom. The van der Waals surface area contributed by atoms with Crippen LogP contribution in [0.25, 0.3) is 0 Å².